The van der Waals surface area contributed by atoms with E-state index in [0.717, 1.165) is 18.2 Å². The maximum Gasteiger partial charge on any atom is 0.119 e. The van der Waals surface area contributed by atoms with Crippen LogP contribution in [-0.4, -0.2) is 13.7 Å². The molecule has 2 aromatic carbocycles. The van der Waals surface area contributed by atoms with Gasteiger partial charge in [0.05, 0.1) is 7.11 Å². The van der Waals surface area contributed by atoms with Crippen LogP contribution in [0.4, 0.5) is 0 Å². The van der Waals surface area contributed by atoms with Crippen LogP contribution >= 0.6 is 0 Å². The Morgan fingerprint density at radius 3 is 2.43 bits per heavy atom. The van der Waals surface area contributed by atoms with Gasteiger partial charge in [-0.3, -0.25) is 0 Å². The molecule has 0 saturated carbocycles. The van der Waals surface area contributed by atoms with E-state index in [9.17, 15) is 0 Å². The Hall–Kier alpha value is -1.54. The fraction of sp³-hybridized carbons (Fsp3) is 0.474. The molecule has 2 atom stereocenters. The van der Waals surface area contributed by atoms with Crippen molar-refractivity contribution in [1.29, 1.82) is 0 Å². The topological polar surface area (TPSA) is 21.3 Å². The van der Waals surface area contributed by atoms with E-state index in [-0.39, 0.29) is 0 Å². The maximum absolute atomic E-state index is 5.29. The molecule has 2 aromatic rings. The van der Waals surface area contributed by atoms with Crippen molar-refractivity contribution in [2.24, 2.45) is 5.92 Å². The molecular weight excluding hydrogens is 258 g/mol. The fourth-order valence-electron chi connectivity index (χ4n) is 2.74. The Morgan fingerprint density at radius 1 is 1.05 bits per heavy atom. The minimum Gasteiger partial charge on any atom is -0.497 e. The van der Waals surface area contributed by atoms with E-state index in [2.05, 4.69) is 56.4 Å². The van der Waals surface area contributed by atoms with Gasteiger partial charge in [-0.15, -0.1) is 0 Å². The second-order valence-corrected chi connectivity index (χ2v) is 5.83. The van der Waals surface area contributed by atoms with Crippen LogP contribution in [0.3, 0.4) is 0 Å². The van der Waals surface area contributed by atoms with E-state index >= 15 is 0 Å². The standard InChI is InChI=1S/C19H27NO/c1-5-14(3)11-19(20-6-2)17-8-7-16-13-18(21-4)10-9-15(16)12-17/h7-10,12-14,19-20H,5-6,11H2,1-4H3. The lowest BCUT2D eigenvalue weighted by atomic mass is 9.93. The fourth-order valence-corrected chi connectivity index (χ4v) is 2.74. The Kier molecular flexibility index (Phi) is 5.63. The van der Waals surface area contributed by atoms with Crippen molar-refractivity contribution in [3.05, 3.63) is 42.0 Å². The molecule has 0 radical (unpaired) electrons. The Bertz CT molecular complexity index is 579. The molecule has 0 spiro atoms. The van der Waals surface area contributed by atoms with Crippen LogP contribution in [0.25, 0.3) is 10.8 Å². The minimum absolute atomic E-state index is 0.441. The quantitative estimate of drug-likeness (QED) is 0.778. The van der Waals surface area contributed by atoms with Crippen LogP contribution < -0.4 is 10.1 Å². The molecule has 0 amide bonds. The van der Waals surface area contributed by atoms with Gasteiger partial charge in [0.15, 0.2) is 0 Å². The lowest BCUT2D eigenvalue weighted by Gasteiger charge is -2.22. The Labute approximate surface area is 128 Å². The summed E-state index contributed by atoms with van der Waals surface area (Å²) in [4.78, 5) is 0. The number of fused-ring (bicyclic) bond motifs is 1. The highest BCUT2D eigenvalue weighted by molar-refractivity contribution is 5.84. The molecule has 0 aliphatic heterocycles. The molecule has 21 heavy (non-hydrogen) atoms. The summed E-state index contributed by atoms with van der Waals surface area (Å²) >= 11 is 0. The summed E-state index contributed by atoms with van der Waals surface area (Å²) in [6, 6.07) is 13.5. The van der Waals surface area contributed by atoms with Crippen molar-refractivity contribution < 1.29 is 4.74 Å². The number of hydrogen-bond acceptors (Lipinski definition) is 2. The van der Waals surface area contributed by atoms with E-state index in [1.807, 2.05) is 6.07 Å². The Morgan fingerprint density at radius 2 is 1.76 bits per heavy atom. The molecule has 2 rings (SSSR count). The van der Waals surface area contributed by atoms with Crippen molar-refractivity contribution in [1.82, 2.24) is 5.32 Å². The molecule has 0 fully saturated rings. The Balaban J connectivity index is 2.30. The second-order valence-electron chi connectivity index (χ2n) is 5.83. The summed E-state index contributed by atoms with van der Waals surface area (Å²) in [5.74, 6) is 1.65. The molecule has 0 aliphatic carbocycles. The molecule has 1 N–H and O–H groups in total. The normalized spacial score (nSPS) is 14.1. The maximum atomic E-state index is 5.29. The summed E-state index contributed by atoms with van der Waals surface area (Å²) in [6.07, 6.45) is 2.42. The third kappa shape index (κ3) is 3.98. The van der Waals surface area contributed by atoms with E-state index in [1.54, 1.807) is 7.11 Å². The first kappa shape index (κ1) is 15.8. The highest BCUT2D eigenvalue weighted by Crippen LogP contribution is 2.28. The summed E-state index contributed by atoms with van der Waals surface area (Å²) in [5.41, 5.74) is 1.38. The van der Waals surface area contributed by atoms with Crippen molar-refractivity contribution in [2.45, 2.75) is 39.7 Å². The van der Waals surface area contributed by atoms with Crippen LogP contribution in [0.15, 0.2) is 36.4 Å². The SMILES string of the molecule is CCNC(CC(C)CC)c1ccc2cc(OC)ccc2c1. The van der Waals surface area contributed by atoms with E-state index in [1.165, 1.54) is 29.2 Å². The lowest BCUT2D eigenvalue weighted by Crippen LogP contribution is -2.22. The average Bonchev–Trinajstić information content (AvgIpc) is 2.53. The molecule has 0 bridgehead atoms. The van der Waals surface area contributed by atoms with Crippen molar-refractivity contribution in [3.8, 4) is 5.75 Å². The zero-order valence-electron chi connectivity index (χ0n) is 13.6. The van der Waals surface area contributed by atoms with Gasteiger partial charge < -0.3 is 10.1 Å². The van der Waals surface area contributed by atoms with Gasteiger partial charge in [-0.2, -0.15) is 0 Å². The first-order chi connectivity index (χ1) is 10.2. The first-order valence-electron chi connectivity index (χ1n) is 7.99. The van der Waals surface area contributed by atoms with Gasteiger partial charge in [0.2, 0.25) is 0 Å². The van der Waals surface area contributed by atoms with Crippen molar-refractivity contribution in [3.63, 3.8) is 0 Å². The van der Waals surface area contributed by atoms with Crippen LogP contribution in [0.5, 0.6) is 5.75 Å². The molecule has 0 aromatic heterocycles. The third-order valence-corrected chi connectivity index (χ3v) is 4.26. The number of ether oxygens (including phenoxy) is 1. The number of rotatable bonds is 7. The van der Waals surface area contributed by atoms with E-state index in [4.69, 9.17) is 4.74 Å². The zero-order valence-corrected chi connectivity index (χ0v) is 13.6. The highest BCUT2D eigenvalue weighted by atomic mass is 16.5. The van der Waals surface area contributed by atoms with Gasteiger partial charge in [0, 0.05) is 6.04 Å². The summed E-state index contributed by atoms with van der Waals surface area (Å²) in [6.45, 7) is 7.77. The zero-order chi connectivity index (χ0) is 15.2. The average molecular weight is 285 g/mol. The monoisotopic (exact) mass is 285 g/mol. The van der Waals surface area contributed by atoms with Gasteiger partial charge >= 0.3 is 0 Å². The van der Waals surface area contributed by atoms with Crippen LogP contribution in [0.1, 0.15) is 45.2 Å². The van der Waals surface area contributed by atoms with Crippen LogP contribution in [0, 0.1) is 5.92 Å². The molecule has 2 unspecified atom stereocenters. The number of benzene rings is 2. The molecular formula is C19H27NO. The number of methoxy groups -OCH3 is 1. The minimum atomic E-state index is 0.441. The molecule has 0 aliphatic rings. The molecule has 2 heteroatoms. The highest BCUT2D eigenvalue weighted by Gasteiger charge is 2.14. The van der Waals surface area contributed by atoms with Crippen LogP contribution in [0.2, 0.25) is 0 Å². The largest absolute Gasteiger partial charge is 0.497 e. The molecule has 114 valence electrons. The predicted octanol–water partition coefficient (Wildman–Crippen LogP) is 4.94. The van der Waals surface area contributed by atoms with Gasteiger partial charge in [-0.1, -0.05) is 45.4 Å². The van der Waals surface area contributed by atoms with Crippen molar-refractivity contribution in [2.75, 3.05) is 13.7 Å². The molecule has 0 heterocycles. The first-order valence-corrected chi connectivity index (χ1v) is 7.99. The van der Waals surface area contributed by atoms with Gasteiger partial charge in [-0.25, -0.2) is 0 Å². The van der Waals surface area contributed by atoms with Gasteiger partial charge in [-0.05, 0) is 53.4 Å². The third-order valence-electron chi connectivity index (χ3n) is 4.26. The summed E-state index contributed by atoms with van der Waals surface area (Å²) < 4.78 is 5.29. The molecule has 2 nitrogen and oxygen atoms in total. The predicted molar refractivity (Wildman–Crippen MR) is 91.0 cm³/mol. The lowest BCUT2D eigenvalue weighted by molar-refractivity contribution is 0.408. The van der Waals surface area contributed by atoms with Gasteiger partial charge in [0.1, 0.15) is 5.75 Å². The smallest absolute Gasteiger partial charge is 0.119 e. The van der Waals surface area contributed by atoms with E-state index < -0.39 is 0 Å². The second kappa shape index (κ2) is 7.46. The summed E-state index contributed by atoms with van der Waals surface area (Å²) in [7, 11) is 1.71. The van der Waals surface area contributed by atoms with Crippen molar-refractivity contribution >= 4 is 10.8 Å². The molecule has 0 saturated heterocycles. The van der Waals surface area contributed by atoms with Crippen LogP contribution in [-0.2, 0) is 0 Å². The van der Waals surface area contributed by atoms with Gasteiger partial charge in [0.25, 0.3) is 0 Å². The number of nitrogens with one attached hydrogen (secondary N) is 1. The van der Waals surface area contributed by atoms with E-state index in [0.29, 0.717) is 6.04 Å². The number of hydrogen-bond donors (Lipinski definition) is 1. The summed E-state index contributed by atoms with van der Waals surface area (Å²) in [5, 5.41) is 6.14.